The van der Waals surface area contributed by atoms with Crippen molar-refractivity contribution in [3.63, 3.8) is 0 Å². The summed E-state index contributed by atoms with van der Waals surface area (Å²) in [5.41, 5.74) is 2.15. The van der Waals surface area contributed by atoms with E-state index in [4.69, 9.17) is 4.74 Å². The van der Waals surface area contributed by atoms with Crippen molar-refractivity contribution in [1.29, 1.82) is 0 Å². The zero-order chi connectivity index (χ0) is 19.1. The van der Waals surface area contributed by atoms with Crippen molar-refractivity contribution in [3.8, 4) is 5.75 Å². The molecule has 0 radical (unpaired) electrons. The van der Waals surface area contributed by atoms with E-state index < -0.39 is 0 Å². The van der Waals surface area contributed by atoms with Gasteiger partial charge < -0.3 is 15.4 Å². The zero-order valence-corrected chi connectivity index (χ0v) is 15.2. The number of hydrogen-bond acceptors (Lipinski definition) is 6. The third kappa shape index (κ3) is 5.50. The van der Waals surface area contributed by atoms with Crippen LogP contribution in [0.1, 0.15) is 29.8 Å². The molecule has 1 amide bonds. The second-order valence-corrected chi connectivity index (χ2v) is 6.16. The largest absolute Gasteiger partial charge is 0.491 e. The number of aromatic nitrogens is 3. The van der Waals surface area contributed by atoms with E-state index >= 15 is 0 Å². The molecule has 0 spiro atoms. The quantitative estimate of drug-likeness (QED) is 0.669. The number of carbonyl (C=O) groups is 1. The van der Waals surface area contributed by atoms with Gasteiger partial charge >= 0.3 is 0 Å². The number of anilines is 2. The third-order valence-corrected chi connectivity index (χ3v) is 3.57. The lowest BCUT2D eigenvalue weighted by Gasteiger charge is -2.10. The van der Waals surface area contributed by atoms with Crippen molar-refractivity contribution in [2.75, 3.05) is 5.32 Å². The van der Waals surface area contributed by atoms with E-state index in [1.807, 2.05) is 50.2 Å². The van der Waals surface area contributed by atoms with Crippen molar-refractivity contribution < 1.29 is 9.53 Å². The van der Waals surface area contributed by atoms with E-state index in [2.05, 4.69) is 25.6 Å². The van der Waals surface area contributed by atoms with Gasteiger partial charge in [0.1, 0.15) is 5.75 Å². The van der Waals surface area contributed by atoms with Crippen LogP contribution in [0.15, 0.2) is 61.2 Å². The minimum atomic E-state index is -0.236. The highest BCUT2D eigenvalue weighted by molar-refractivity contribution is 5.93. The number of carbonyl (C=O) groups excluding carboxylic acids is 1. The standard InChI is InChI=1S/C20H21N5O2/c1-14(2)27-18-7-5-17(6-8-18)25-20-23-12-16(13-24-20)19(26)22-11-15-4-3-9-21-10-15/h3-10,12-14H,11H2,1-2H3,(H,22,26)(H,23,24,25). The lowest BCUT2D eigenvalue weighted by molar-refractivity contribution is 0.0950. The van der Waals surface area contributed by atoms with Crippen LogP contribution in [0.25, 0.3) is 0 Å². The van der Waals surface area contributed by atoms with E-state index in [0.717, 1.165) is 17.0 Å². The molecule has 0 fully saturated rings. The van der Waals surface area contributed by atoms with E-state index in [1.165, 1.54) is 12.4 Å². The SMILES string of the molecule is CC(C)Oc1ccc(Nc2ncc(C(=O)NCc3cccnc3)cn2)cc1. The predicted molar refractivity (Wildman–Crippen MR) is 103 cm³/mol. The molecule has 2 heterocycles. The summed E-state index contributed by atoms with van der Waals surface area (Å²) in [5.74, 6) is 0.981. The summed E-state index contributed by atoms with van der Waals surface area (Å²) in [6, 6.07) is 11.2. The van der Waals surface area contributed by atoms with Gasteiger partial charge in [-0.05, 0) is 49.7 Å². The van der Waals surface area contributed by atoms with Crippen molar-refractivity contribution in [2.24, 2.45) is 0 Å². The number of ether oxygens (including phenoxy) is 1. The lowest BCUT2D eigenvalue weighted by atomic mass is 10.2. The summed E-state index contributed by atoms with van der Waals surface area (Å²) in [4.78, 5) is 24.6. The van der Waals surface area contributed by atoms with Gasteiger partial charge in [-0.3, -0.25) is 9.78 Å². The molecule has 0 saturated heterocycles. The first-order valence-corrected chi connectivity index (χ1v) is 8.63. The summed E-state index contributed by atoms with van der Waals surface area (Å²) in [6.45, 7) is 4.36. The van der Waals surface area contributed by atoms with Gasteiger partial charge in [0.15, 0.2) is 0 Å². The fourth-order valence-corrected chi connectivity index (χ4v) is 2.32. The lowest BCUT2D eigenvalue weighted by Crippen LogP contribution is -2.23. The molecule has 27 heavy (non-hydrogen) atoms. The molecule has 2 aromatic heterocycles. The maximum absolute atomic E-state index is 12.2. The van der Waals surface area contributed by atoms with E-state index in [0.29, 0.717) is 18.1 Å². The van der Waals surface area contributed by atoms with Gasteiger partial charge in [-0.15, -0.1) is 0 Å². The Morgan fingerprint density at radius 2 is 1.81 bits per heavy atom. The minimum absolute atomic E-state index is 0.129. The van der Waals surface area contributed by atoms with E-state index in [1.54, 1.807) is 12.4 Å². The molecule has 0 aliphatic carbocycles. The smallest absolute Gasteiger partial charge is 0.254 e. The van der Waals surface area contributed by atoms with Gasteiger partial charge in [0.05, 0.1) is 11.7 Å². The highest BCUT2D eigenvalue weighted by atomic mass is 16.5. The number of amides is 1. The number of hydrogen-bond donors (Lipinski definition) is 2. The highest BCUT2D eigenvalue weighted by Crippen LogP contribution is 2.19. The Balaban J connectivity index is 1.55. The molecule has 0 aliphatic heterocycles. The fourth-order valence-electron chi connectivity index (χ4n) is 2.32. The van der Waals surface area contributed by atoms with E-state index in [9.17, 15) is 4.79 Å². The first-order valence-electron chi connectivity index (χ1n) is 8.63. The minimum Gasteiger partial charge on any atom is -0.491 e. The second-order valence-electron chi connectivity index (χ2n) is 6.16. The average Bonchev–Trinajstić information content (AvgIpc) is 2.69. The zero-order valence-electron chi connectivity index (χ0n) is 15.2. The number of rotatable bonds is 7. The van der Waals surface area contributed by atoms with Crippen LogP contribution in [-0.4, -0.2) is 27.0 Å². The van der Waals surface area contributed by atoms with Gasteiger partial charge in [-0.25, -0.2) is 9.97 Å². The Morgan fingerprint density at radius 3 is 2.44 bits per heavy atom. The van der Waals surface area contributed by atoms with Crippen LogP contribution in [-0.2, 0) is 6.54 Å². The van der Waals surface area contributed by atoms with Crippen LogP contribution in [0.3, 0.4) is 0 Å². The van der Waals surface area contributed by atoms with Crippen molar-refractivity contribution in [2.45, 2.75) is 26.5 Å². The van der Waals surface area contributed by atoms with Gasteiger partial charge in [0, 0.05) is 37.0 Å². The van der Waals surface area contributed by atoms with E-state index in [-0.39, 0.29) is 12.0 Å². The summed E-state index contributed by atoms with van der Waals surface area (Å²) in [5, 5.41) is 5.90. The molecule has 0 unspecified atom stereocenters. The molecule has 7 heteroatoms. The Labute approximate surface area is 157 Å². The molecule has 7 nitrogen and oxygen atoms in total. The maximum Gasteiger partial charge on any atom is 0.254 e. The van der Waals surface area contributed by atoms with Crippen LogP contribution < -0.4 is 15.4 Å². The predicted octanol–water partition coefficient (Wildman–Crippen LogP) is 3.33. The van der Waals surface area contributed by atoms with Crippen molar-refractivity contribution in [1.82, 2.24) is 20.3 Å². The molecule has 2 N–H and O–H groups in total. The summed E-state index contributed by atoms with van der Waals surface area (Å²) in [7, 11) is 0. The van der Waals surface area contributed by atoms with Crippen molar-refractivity contribution in [3.05, 3.63) is 72.3 Å². The van der Waals surface area contributed by atoms with Gasteiger partial charge in [-0.1, -0.05) is 6.07 Å². The molecule has 3 rings (SSSR count). The molecule has 1 aromatic carbocycles. The van der Waals surface area contributed by atoms with Gasteiger partial charge in [0.25, 0.3) is 5.91 Å². The Bertz CT molecular complexity index is 865. The van der Waals surface area contributed by atoms with Crippen LogP contribution in [0, 0.1) is 0 Å². The topological polar surface area (TPSA) is 89.0 Å². The molecular formula is C20H21N5O2. The molecule has 3 aromatic rings. The molecule has 138 valence electrons. The van der Waals surface area contributed by atoms with Crippen LogP contribution in [0.5, 0.6) is 5.75 Å². The highest BCUT2D eigenvalue weighted by Gasteiger charge is 2.07. The van der Waals surface area contributed by atoms with Gasteiger partial charge in [-0.2, -0.15) is 0 Å². The Kier molecular flexibility index (Phi) is 5.94. The summed E-state index contributed by atoms with van der Waals surface area (Å²) in [6.07, 6.45) is 6.51. The fraction of sp³-hybridized carbons (Fsp3) is 0.200. The van der Waals surface area contributed by atoms with Gasteiger partial charge in [0.2, 0.25) is 5.95 Å². The number of nitrogens with zero attached hydrogens (tertiary/aromatic N) is 3. The van der Waals surface area contributed by atoms with Crippen LogP contribution in [0.4, 0.5) is 11.6 Å². The molecule has 0 atom stereocenters. The number of nitrogens with one attached hydrogen (secondary N) is 2. The maximum atomic E-state index is 12.2. The van der Waals surface area contributed by atoms with Crippen LogP contribution in [0.2, 0.25) is 0 Å². The molecule has 0 bridgehead atoms. The van der Waals surface area contributed by atoms with Crippen LogP contribution >= 0.6 is 0 Å². The first-order chi connectivity index (χ1) is 13.1. The summed E-state index contributed by atoms with van der Waals surface area (Å²) >= 11 is 0. The number of pyridine rings is 1. The number of benzene rings is 1. The van der Waals surface area contributed by atoms with Crippen molar-refractivity contribution >= 4 is 17.5 Å². The monoisotopic (exact) mass is 363 g/mol. The Morgan fingerprint density at radius 1 is 1.07 bits per heavy atom. The molecule has 0 aliphatic rings. The first kappa shape index (κ1) is 18.3. The second kappa shape index (κ2) is 8.75. The molecular weight excluding hydrogens is 342 g/mol. The average molecular weight is 363 g/mol. The molecule has 0 saturated carbocycles. The third-order valence-electron chi connectivity index (χ3n) is 3.57. The Hall–Kier alpha value is -3.48. The summed E-state index contributed by atoms with van der Waals surface area (Å²) < 4.78 is 5.61. The normalized spacial score (nSPS) is 10.5.